The highest BCUT2D eigenvalue weighted by atomic mass is 16.5. The van der Waals surface area contributed by atoms with Gasteiger partial charge >= 0.3 is 11.9 Å². The van der Waals surface area contributed by atoms with Crippen molar-refractivity contribution >= 4 is 11.9 Å². The zero-order valence-corrected chi connectivity index (χ0v) is 11.6. The van der Waals surface area contributed by atoms with Gasteiger partial charge in [-0.2, -0.15) is 0 Å². The van der Waals surface area contributed by atoms with Gasteiger partial charge in [0.1, 0.15) is 6.61 Å². The number of hydrogen-bond donors (Lipinski definition) is 2. The lowest BCUT2D eigenvalue weighted by molar-refractivity contribution is -0.143. The highest BCUT2D eigenvalue weighted by molar-refractivity contribution is 5.69. The predicted octanol–water partition coefficient (Wildman–Crippen LogP) is 2.79. The lowest BCUT2D eigenvalue weighted by atomic mass is 9.97. The van der Waals surface area contributed by atoms with Gasteiger partial charge in [0, 0.05) is 6.61 Å². The first-order chi connectivity index (χ1) is 8.49. The molecule has 0 aromatic rings. The Morgan fingerprint density at radius 2 is 1.67 bits per heavy atom. The van der Waals surface area contributed by atoms with Crippen LogP contribution in [0.3, 0.4) is 0 Å². The standard InChI is InChI=1S/C9H18O2.C4H8O3/c1-3-5-7-8(6-4-2)9(10)11;1-2-7-3-4(5)6/h8H,3-7H2,1-2H3,(H,10,11);2-3H2,1H3,(H,5,6). The lowest BCUT2D eigenvalue weighted by Gasteiger charge is -2.08. The van der Waals surface area contributed by atoms with E-state index in [0.717, 1.165) is 32.1 Å². The first kappa shape index (κ1) is 19.2. The van der Waals surface area contributed by atoms with Gasteiger partial charge in [-0.15, -0.1) is 0 Å². The molecule has 0 amide bonds. The van der Waals surface area contributed by atoms with Crippen LogP contribution < -0.4 is 0 Å². The van der Waals surface area contributed by atoms with Crippen LogP contribution >= 0.6 is 0 Å². The van der Waals surface area contributed by atoms with E-state index in [0.29, 0.717) is 6.61 Å². The van der Waals surface area contributed by atoms with E-state index in [2.05, 4.69) is 11.7 Å². The number of unbranched alkanes of at least 4 members (excludes halogenated alkanes) is 1. The molecule has 0 aliphatic rings. The van der Waals surface area contributed by atoms with Crippen molar-refractivity contribution in [1.82, 2.24) is 0 Å². The van der Waals surface area contributed by atoms with Crippen LogP contribution in [0.4, 0.5) is 0 Å². The van der Waals surface area contributed by atoms with Crippen LogP contribution in [-0.4, -0.2) is 35.4 Å². The molecule has 5 nitrogen and oxygen atoms in total. The number of carboxylic acid groups (broad SMARTS) is 2. The normalized spacial score (nSPS) is 11.3. The molecule has 0 bridgehead atoms. The first-order valence-corrected chi connectivity index (χ1v) is 6.51. The molecule has 0 saturated carbocycles. The highest BCUT2D eigenvalue weighted by Crippen LogP contribution is 2.14. The van der Waals surface area contributed by atoms with Crippen molar-refractivity contribution in [2.75, 3.05) is 13.2 Å². The molecular weight excluding hydrogens is 236 g/mol. The molecule has 108 valence electrons. The average Bonchev–Trinajstić information content (AvgIpc) is 2.32. The molecule has 1 atom stereocenters. The molecule has 2 N–H and O–H groups in total. The molecule has 0 heterocycles. The van der Waals surface area contributed by atoms with E-state index < -0.39 is 11.9 Å². The summed E-state index contributed by atoms with van der Waals surface area (Å²) in [6.07, 6.45) is 4.78. The minimum absolute atomic E-state index is 0.0973. The van der Waals surface area contributed by atoms with Crippen LogP contribution in [-0.2, 0) is 14.3 Å². The molecule has 0 fully saturated rings. The highest BCUT2D eigenvalue weighted by Gasteiger charge is 2.14. The largest absolute Gasteiger partial charge is 0.481 e. The summed E-state index contributed by atoms with van der Waals surface area (Å²) in [5.41, 5.74) is 0. The van der Waals surface area contributed by atoms with Crippen LogP contribution in [0.25, 0.3) is 0 Å². The third-order valence-corrected chi connectivity index (χ3v) is 2.32. The second kappa shape index (κ2) is 14.0. The van der Waals surface area contributed by atoms with E-state index in [1.54, 1.807) is 6.92 Å². The molecule has 0 radical (unpaired) electrons. The quantitative estimate of drug-likeness (QED) is 0.667. The molecule has 0 aromatic heterocycles. The summed E-state index contributed by atoms with van der Waals surface area (Å²) < 4.78 is 4.50. The van der Waals surface area contributed by atoms with Crippen LogP contribution in [0.5, 0.6) is 0 Å². The number of aliphatic carboxylic acids is 2. The second-order valence-corrected chi connectivity index (χ2v) is 4.00. The molecule has 18 heavy (non-hydrogen) atoms. The number of hydrogen-bond acceptors (Lipinski definition) is 3. The third kappa shape index (κ3) is 14.9. The fraction of sp³-hybridized carbons (Fsp3) is 0.846. The van der Waals surface area contributed by atoms with Gasteiger partial charge in [0.25, 0.3) is 0 Å². The molecule has 1 unspecified atom stereocenters. The van der Waals surface area contributed by atoms with Gasteiger partial charge < -0.3 is 14.9 Å². The van der Waals surface area contributed by atoms with Gasteiger partial charge in [-0.3, -0.25) is 4.79 Å². The average molecular weight is 262 g/mol. The van der Waals surface area contributed by atoms with Crippen LogP contribution in [0, 0.1) is 5.92 Å². The molecule has 0 saturated heterocycles. The summed E-state index contributed by atoms with van der Waals surface area (Å²) in [5, 5.41) is 16.7. The second-order valence-electron chi connectivity index (χ2n) is 4.00. The Bertz CT molecular complexity index is 215. The summed E-state index contributed by atoms with van der Waals surface area (Å²) in [6.45, 7) is 6.15. The van der Waals surface area contributed by atoms with Gasteiger partial charge in [-0.05, 0) is 19.8 Å². The lowest BCUT2D eigenvalue weighted by Crippen LogP contribution is -2.12. The molecule has 0 spiro atoms. The van der Waals surface area contributed by atoms with Gasteiger partial charge in [0.15, 0.2) is 0 Å². The van der Waals surface area contributed by atoms with E-state index in [1.165, 1.54) is 0 Å². The number of carbonyl (C=O) groups is 2. The van der Waals surface area contributed by atoms with Crippen molar-refractivity contribution in [1.29, 1.82) is 0 Å². The van der Waals surface area contributed by atoms with Crippen LogP contribution in [0.2, 0.25) is 0 Å². The SMILES string of the molecule is CCCCC(CCC)C(=O)O.CCOCC(=O)O. The minimum atomic E-state index is -0.915. The van der Waals surface area contributed by atoms with Gasteiger partial charge in [-0.1, -0.05) is 33.1 Å². The fourth-order valence-electron chi connectivity index (χ4n) is 1.38. The van der Waals surface area contributed by atoms with Crippen molar-refractivity contribution < 1.29 is 24.5 Å². The van der Waals surface area contributed by atoms with Crippen molar-refractivity contribution in [3.05, 3.63) is 0 Å². The summed E-state index contributed by atoms with van der Waals surface area (Å²) >= 11 is 0. The van der Waals surface area contributed by atoms with Crippen molar-refractivity contribution in [2.45, 2.75) is 52.9 Å². The third-order valence-electron chi connectivity index (χ3n) is 2.32. The molecule has 0 aliphatic carbocycles. The summed E-state index contributed by atoms with van der Waals surface area (Å²) in [7, 11) is 0. The zero-order chi connectivity index (χ0) is 14.4. The molecule has 0 aromatic carbocycles. The Kier molecular flexibility index (Phi) is 14.9. The zero-order valence-electron chi connectivity index (χ0n) is 11.6. The molecular formula is C13H26O5. The number of ether oxygens (including phenoxy) is 1. The first-order valence-electron chi connectivity index (χ1n) is 6.51. The van der Waals surface area contributed by atoms with E-state index in [-0.39, 0.29) is 12.5 Å². The van der Waals surface area contributed by atoms with E-state index in [9.17, 15) is 9.59 Å². The van der Waals surface area contributed by atoms with Crippen molar-refractivity contribution in [3.63, 3.8) is 0 Å². The molecule has 5 heteroatoms. The maximum Gasteiger partial charge on any atom is 0.329 e. The Labute approximate surface area is 109 Å². The van der Waals surface area contributed by atoms with Gasteiger partial charge in [0.2, 0.25) is 0 Å². The van der Waals surface area contributed by atoms with E-state index in [4.69, 9.17) is 10.2 Å². The monoisotopic (exact) mass is 262 g/mol. The number of carboxylic acids is 2. The van der Waals surface area contributed by atoms with E-state index in [1.807, 2.05) is 6.92 Å². The maximum atomic E-state index is 10.6. The molecule has 0 aliphatic heterocycles. The van der Waals surface area contributed by atoms with Gasteiger partial charge in [-0.25, -0.2) is 4.79 Å². The predicted molar refractivity (Wildman–Crippen MR) is 69.7 cm³/mol. The van der Waals surface area contributed by atoms with Crippen LogP contribution in [0.15, 0.2) is 0 Å². The Hall–Kier alpha value is -1.10. The molecule has 0 rings (SSSR count). The topological polar surface area (TPSA) is 83.8 Å². The van der Waals surface area contributed by atoms with Crippen molar-refractivity contribution in [3.8, 4) is 0 Å². The summed E-state index contributed by atoms with van der Waals surface area (Å²) in [4.78, 5) is 20.2. The number of rotatable bonds is 9. The van der Waals surface area contributed by atoms with E-state index >= 15 is 0 Å². The Morgan fingerprint density at radius 3 is 1.94 bits per heavy atom. The fourth-order valence-corrected chi connectivity index (χ4v) is 1.38. The minimum Gasteiger partial charge on any atom is -0.481 e. The summed E-state index contributed by atoms with van der Waals surface area (Å²) in [5.74, 6) is -1.64. The smallest absolute Gasteiger partial charge is 0.329 e. The maximum absolute atomic E-state index is 10.6. The van der Waals surface area contributed by atoms with Crippen LogP contribution in [0.1, 0.15) is 52.9 Å². The van der Waals surface area contributed by atoms with Gasteiger partial charge in [0.05, 0.1) is 5.92 Å². The Balaban J connectivity index is 0. The Morgan fingerprint density at radius 1 is 1.06 bits per heavy atom. The summed E-state index contributed by atoms with van der Waals surface area (Å²) in [6, 6.07) is 0. The van der Waals surface area contributed by atoms with Crippen molar-refractivity contribution in [2.24, 2.45) is 5.92 Å².